The molecule has 0 fully saturated rings. The molecule has 0 aliphatic heterocycles. The highest BCUT2D eigenvalue weighted by Crippen LogP contribution is 2.22. The number of anilines is 1. The highest BCUT2D eigenvalue weighted by Gasteiger charge is 2.03. The SMILES string of the molecule is COCc1ccc(-c2[nH]ncc2N)cc1. The first-order valence-electron chi connectivity index (χ1n) is 4.68. The number of ether oxygens (including phenoxy) is 1. The Kier molecular flexibility index (Phi) is 2.69. The van der Waals surface area contributed by atoms with Crippen LogP contribution in [-0.2, 0) is 11.3 Å². The van der Waals surface area contributed by atoms with Gasteiger partial charge < -0.3 is 10.5 Å². The Morgan fingerprint density at radius 1 is 1.33 bits per heavy atom. The van der Waals surface area contributed by atoms with E-state index in [1.54, 1.807) is 13.3 Å². The molecule has 0 spiro atoms. The van der Waals surface area contributed by atoms with Crippen molar-refractivity contribution in [3.63, 3.8) is 0 Å². The monoisotopic (exact) mass is 203 g/mol. The van der Waals surface area contributed by atoms with Crippen molar-refractivity contribution in [2.75, 3.05) is 12.8 Å². The summed E-state index contributed by atoms with van der Waals surface area (Å²) in [5.41, 5.74) is 9.44. The number of hydrogen-bond acceptors (Lipinski definition) is 3. The van der Waals surface area contributed by atoms with Crippen molar-refractivity contribution in [2.45, 2.75) is 6.61 Å². The molecule has 0 bridgehead atoms. The zero-order valence-electron chi connectivity index (χ0n) is 8.53. The minimum Gasteiger partial charge on any atom is -0.396 e. The van der Waals surface area contributed by atoms with E-state index in [0.717, 1.165) is 16.8 Å². The normalized spacial score (nSPS) is 10.5. The van der Waals surface area contributed by atoms with Crippen molar-refractivity contribution >= 4 is 5.69 Å². The molecule has 0 atom stereocenters. The summed E-state index contributed by atoms with van der Waals surface area (Å²) in [6.07, 6.45) is 1.61. The van der Waals surface area contributed by atoms with Crippen molar-refractivity contribution in [1.82, 2.24) is 10.2 Å². The smallest absolute Gasteiger partial charge is 0.0879 e. The second-order valence-electron chi connectivity index (χ2n) is 3.33. The van der Waals surface area contributed by atoms with Crippen molar-refractivity contribution in [3.05, 3.63) is 36.0 Å². The number of H-pyrrole nitrogens is 1. The van der Waals surface area contributed by atoms with Crippen LogP contribution in [0.25, 0.3) is 11.3 Å². The zero-order chi connectivity index (χ0) is 10.7. The molecule has 0 amide bonds. The molecule has 78 valence electrons. The molecule has 2 rings (SSSR count). The predicted octanol–water partition coefficient (Wildman–Crippen LogP) is 1.81. The first kappa shape index (κ1) is 9.73. The number of nitrogens with one attached hydrogen (secondary N) is 1. The van der Waals surface area contributed by atoms with Gasteiger partial charge in [-0.3, -0.25) is 5.10 Å². The lowest BCUT2D eigenvalue weighted by Gasteiger charge is -2.02. The van der Waals surface area contributed by atoms with Crippen LogP contribution >= 0.6 is 0 Å². The lowest BCUT2D eigenvalue weighted by atomic mass is 10.1. The van der Waals surface area contributed by atoms with Crippen LogP contribution in [0.1, 0.15) is 5.56 Å². The quantitative estimate of drug-likeness (QED) is 0.799. The first-order chi connectivity index (χ1) is 7.31. The summed E-state index contributed by atoms with van der Waals surface area (Å²) in [5.74, 6) is 0. The van der Waals surface area contributed by atoms with Crippen molar-refractivity contribution in [1.29, 1.82) is 0 Å². The van der Waals surface area contributed by atoms with Gasteiger partial charge in [0, 0.05) is 12.7 Å². The zero-order valence-corrected chi connectivity index (χ0v) is 8.53. The highest BCUT2D eigenvalue weighted by atomic mass is 16.5. The Hall–Kier alpha value is -1.81. The van der Waals surface area contributed by atoms with Crippen LogP contribution in [-0.4, -0.2) is 17.3 Å². The second-order valence-corrected chi connectivity index (χ2v) is 3.33. The Balaban J connectivity index is 2.28. The number of hydrogen-bond donors (Lipinski definition) is 2. The summed E-state index contributed by atoms with van der Waals surface area (Å²) in [6.45, 7) is 0.624. The minimum absolute atomic E-state index is 0.624. The number of nitrogens with zero attached hydrogens (tertiary/aromatic N) is 1. The molecule has 4 heteroatoms. The number of benzene rings is 1. The number of methoxy groups -OCH3 is 1. The van der Waals surface area contributed by atoms with Gasteiger partial charge in [0.05, 0.1) is 24.2 Å². The third-order valence-corrected chi connectivity index (χ3v) is 2.22. The fourth-order valence-corrected chi connectivity index (χ4v) is 1.46. The molecule has 3 N–H and O–H groups in total. The standard InChI is InChI=1S/C11H13N3O/c1-15-7-8-2-4-9(5-3-8)11-10(12)6-13-14-11/h2-6H,7,12H2,1H3,(H,13,14). The van der Waals surface area contributed by atoms with Gasteiger partial charge in [0.2, 0.25) is 0 Å². The molecule has 1 aromatic carbocycles. The Morgan fingerprint density at radius 3 is 2.60 bits per heavy atom. The first-order valence-corrected chi connectivity index (χ1v) is 4.68. The summed E-state index contributed by atoms with van der Waals surface area (Å²) in [7, 11) is 1.68. The molecule has 0 radical (unpaired) electrons. The van der Waals surface area contributed by atoms with Crippen LogP contribution in [0.4, 0.5) is 5.69 Å². The summed E-state index contributed by atoms with van der Waals surface area (Å²) >= 11 is 0. The number of nitrogen functional groups attached to an aromatic ring is 1. The summed E-state index contributed by atoms with van der Waals surface area (Å²) in [5, 5.41) is 6.75. The van der Waals surface area contributed by atoms with Crippen molar-refractivity contribution < 1.29 is 4.74 Å². The molecular weight excluding hydrogens is 190 g/mol. The molecule has 2 aromatic rings. The van der Waals surface area contributed by atoms with Crippen LogP contribution in [0.15, 0.2) is 30.5 Å². The molecule has 0 saturated heterocycles. The Bertz CT molecular complexity index is 433. The second kappa shape index (κ2) is 4.14. The van der Waals surface area contributed by atoms with Gasteiger partial charge in [-0.1, -0.05) is 24.3 Å². The maximum Gasteiger partial charge on any atom is 0.0879 e. The summed E-state index contributed by atoms with van der Waals surface area (Å²) in [6, 6.07) is 8.02. The summed E-state index contributed by atoms with van der Waals surface area (Å²) < 4.78 is 5.04. The molecule has 0 saturated carbocycles. The molecule has 1 heterocycles. The predicted molar refractivity (Wildman–Crippen MR) is 59.1 cm³/mol. The van der Waals surface area contributed by atoms with Gasteiger partial charge in [0.25, 0.3) is 0 Å². The van der Waals surface area contributed by atoms with Gasteiger partial charge in [-0.15, -0.1) is 0 Å². The van der Waals surface area contributed by atoms with Crippen LogP contribution in [0, 0.1) is 0 Å². The number of rotatable bonds is 3. The van der Waals surface area contributed by atoms with Crippen LogP contribution < -0.4 is 5.73 Å². The Morgan fingerprint density at radius 2 is 2.07 bits per heavy atom. The van der Waals surface area contributed by atoms with E-state index in [1.165, 1.54) is 0 Å². The van der Waals surface area contributed by atoms with E-state index in [4.69, 9.17) is 10.5 Å². The molecule has 0 aliphatic carbocycles. The molecule has 15 heavy (non-hydrogen) atoms. The van der Waals surface area contributed by atoms with E-state index in [0.29, 0.717) is 12.3 Å². The Labute approximate surface area is 88.1 Å². The van der Waals surface area contributed by atoms with Crippen molar-refractivity contribution in [2.24, 2.45) is 0 Å². The van der Waals surface area contributed by atoms with Crippen LogP contribution in [0.3, 0.4) is 0 Å². The maximum atomic E-state index is 5.75. The van der Waals surface area contributed by atoms with E-state index >= 15 is 0 Å². The van der Waals surface area contributed by atoms with E-state index in [1.807, 2.05) is 24.3 Å². The topological polar surface area (TPSA) is 63.9 Å². The van der Waals surface area contributed by atoms with E-state index < -0.39 is 0 Å². The van der Waals surface area contributed by atoms with E-state index in [-0.39, 0.29) is 0 Å². The largest absolute Gasteiger partial charge is 0.396 e. The van der Waals surface area contributed by atoms with Gasteiger partial charge in [-0.25, -0.2) is 0 Å². The third-order valence-electron chi connectivity index (χ3n) is 2.22. The molecule has 4 nitrogen and oxygen atoms in total. The average Bonchev–Trinajstić information content (AvgIpc) is 2.66. The molecular formula is C11H13N3O. The third kappa shape index (κ3) is 1.99. The minimum atomic E-state index is 0.624. The molecule has 0 unspecified atom stereocenters. The summed E-state index contributed by atoms with van der Waals surface area (Å²) in [4.78, 5) is 0. The molecule has 1 aromatic heterocycles. The van der Waals surface area contributed by atoms with Gasteiger partial charge >= 0.3 is 0 Å². The van der Waals surface area contributed by atoms with Gasteiger partial charge in [0.15, 0.2) is 0 Å². The fraction of sp³-hybridized carbons (Fsp3) is 0.182. The van der Waals surface area contributed by atoms with Gasteiger partial charge in [-0.05, 0) is 5.56 Å². The number of aromatic nitrogens is 2. The highest BCUT2D eigenvalue weighted by molar-refractivity contribution is 5.71. The van der Waals surface area contributed by atoms with E-state index in [9.17, 15) is 0 Å². The maximum absolute atomic E-state index is 5.75. The van der Waals surface area contributed by atoms with Gasteiger partial charge in [-0.2, -0.15) is 5.10 Å². The lowest BCUT2D eigenvalue weighted by Crippen LogP contribution is -1.89. The lowest BCUT2D eigenvalue weighted by molar-refractivity contribution is 0.185. The van der Waals surface area contributed by atoms with E-state index in [2.05, 4.69) is 10.2 Å². The molecule has 0 aliphatic rings. The van der Waals surface area contributed by atoms with Crippen molar-refractivity contribution in [3.8, 4) is 11.3 Å². The number of aromatic amines is 1. The fourth-order valence-electron chi connectivity index (χ4n) is 1.46. The van der Waals surface area contributed by atoms with Crippen LogP contribution in [0.2, 0.25) is 0 Å². The number of nitrogens with two attached hydrogens (primary N) is 1. The van der Waals surface area contributed by atoms with Gasteiger partial charge in [0.1, 0.15) is 0 Å². The van der Waals surface area contributed by atoms with Crippen LogP contribution in [0.5, 0.6) is 0 Å². The average molecular weight is 203 g/mol.